The molecule has 0 radical (unpaired) electrons. The number of ether oxygens (including phenoxy) is 2. The summed E-state index contributed by atoms with van der Waals surface area (Å²) in [7, 11) is 2.17. The van der Waals surface area contributed by atoms with E-state index in [2.05, 4.69) is 45.9 Å². The van der Waals surface area contributed by atoms with Crippen molar-refractivity contribution < 1.29 is 14.3 Å². The van der Waals surface area contributed by atoms with Crippen LogP contribution < -0.4 is 14.3 Å². The molecule has 1 aliphatic heterocycles. The summed E-state index contributed by atoms with van der Waals surface area (Å²) in [6.07, 6.45) is 2.94. The normalized spacial score (nSPS) is 14.7. The van der Waals surface area contributed by atoms with Gasteiger partial charge >= 0.3 is 0 Å². The molecule has 7 nitrogen and oxygen atoms in total. The molecule has 1 atom stereocenters. The lowest BCUT2D eigenvalue weighted by molar-refractivity contribution is -0.120. The van der Waals surface area contributed by atoms with Crippen LogP contribution in [0, 0.1) is 5.41 Å². The van der Waals surface area contributed by atoms with Crippen LogP contribution in [0.5, 0.6) is 11.5 Å². The first-order valence-electron chi connectivity index (χ1n) is 12.7. The Balaban J connectivity index is 0.000000274. The maximum atomic E-state index is 9.80. The van der Waals surface area contributed by atoms with Gasteiger partial charge in [-0.3, -0.25) is 15.1 Å². The molecule has 0 amide bonds. The lowest BCUT2D eigenvalue weighted by Crippen LogP contribution is -2.32. The van der Waals surface area contributed by atoms with E-state index in [4.69, 9.17) is 33.3 Å². The van der Waals surface area contributed by atoms with E-state index in [0.717, 1.165) is 29.3 Å². The van der Waals surface area contributed by atoms with Gasteiger partial charge in [-0.25, -0.2) is 0 Å². The Hall–Kier alpha value is -3.56. The van der Waals surface area contributed by atoms with E-state index in [0.29, 0.717) is 35.2 Å². The molecular weight excluding hydrogens is 567 g/mol. The Kier molecular flexibility index (Phi) is 8.91. The van der Waals surface area contributed by atoms with E-state index in [9.17, 15) is 4.79 Å². The number of hydrogen-bond acceptors (Lipinski definition) is 6. The van der Waals surface area contributed by atoms with E-state index >= 15 is 0 Å². The highest BCUT2D eigenvalue weighted by molar-refractivity contribution is 7.06. The number of aromatic nitrogens is 2. The minimum atomic E-state index is 0.182. The molecule has 0 spiro atoms. The first-order valence-corrected chi connectivity index (χ1v) is 14.3. The van der Waals surface area contributed by atoms with Crippen LogP contribution in [0.2, 0.25) is 10.0 Å². The summed E-state index contributed by atoms with van der Waals surface area (Å²) in [6, 6.07) is 21.2. The molecule has 206 valence electrons. The van der Waals surface area contributed by atoms with Gasteiger partial charge < -0.3 is 19.0 Å². The number of thiazole rings is 1. The molecule has 3 aromatic carbocycles. The molecule has 0 aliphatic carbocycles. The average molecular weight is 596 g/mol. The monoisotopic (exact) mass is 594 g/mol. The van der Waals surface area contributed by atoms with Crippen molar-refractivity contribution in [1.29, 1.82) is 5.41 Å². The number of benzene rings is 3. The SMILES string of the molecule is CN1CCc2c([nH]c3ccc(Cl)cc23)C1c1ccc(OCCn2ccsc2=N)cc1.O=COc1ccc(Cl)cc1. The van der Waals surface area contributed by atoms with Crippen molar-refractivity contribution in [3.05, 3.63) is 110 Å². The number of nitrogens with one attached hydrogen (secondary N) is 2. The Morgan fingerprint density at radius 1 is 1.05 bits per heavy atom. The van der Waals surface area contributed by atoms with Gasteiger partial charge in [-0.1, -0.05) is 35.3 Å². The molecule has 1 unspecified atom stereocenters. The van der Waals surface area contributed by atoms with Crippen LogP contribution in [-0.2, 0) is 17.8 Å². The molecular formula is C30H28Cl2N4O3S. The van der Waals surface area contributed by atoms with Crippen molar-refractivity contribution in [3.63, 3.8) is 0 Å². The molecule has 0 saturated heterocycles. The lowest BCUT2D eigenvalue weighted by Gasteiger charge is -2.33. The van der Waals surface area contributed by atoms with Gasteiger partial charge in [0.15, 0.2) is 4.80 Å². The first-order chi connectivity index (χ1) is 19.4. The van der Waals surface area contributed by atoms with Gasteiger partial charge in [0.1, 0.15) is 18.1 Å². The number of rotatable bonds is 7. The Bertz CT molecular complexity index is 1640. The van der Waals surface area contributed by atoms with Gasteiger partial charge in [-0.15, -0.1) is 11.3 Å². The molecule has 2 N–H and O–H groups in total. The standard InChI is InChI=1S/C23H23ClN4OS.C7H5ClO2/c1-27-9-8-18-19-14-16(24)4-7-20(19)26-21(18)22(27)15-2-5-17(6-3-15)29-12-10-28-11-13-30-23(28)25;8-6-1-3-7(4-2-6)10-5-9/h2-7,11,13-14,22,25-26H,8-10,12H2,1H3;1-5H. The third-order valence-corrected chi connectivity index (χ3v) is 8.01. The van der Waals surface area contributed by atoms with Gasteiger partial charge in [-0.05, 0) is 79.2 Å². The summed E-state index contributed by atoms with van der Waals surface area (Å²) in [6.45, 7) is 2.60. The summed E-state index contributed by atoms with van der Waals surface area (Å²) in [4.78, 5) is 16.4. The van der Waals surface area contributed by atoms with E-state index in [1.165, 1.54) is 33.5 Å². The van der Waals surface area contributed by atoms with Crippen molar-refractivity contribution in [3.8, 4) is 11.5 Å². The second-order valence-corrected chi connectivity index (χ2v) is 11.1. The van der Waals surface area contributed by atoms with Crippen molar-refractivity contribution in [1.82, 2.24) is 14.5 Å². The quantitative estimate of drug-likeness (QED) is 0.205. The number of carbonyl (C=O) groups excluding carboxylic acids is 1. The van der Waals surface area contributed by atoms with Gasteiger partial charge in [0.25, 0.3) is 6.47 Å². The third-order valence-electron chi connectivity index (χ3n) is 6.81. The highest BCUT2D eigenvalue weighted by atomic mass is 35.5. The minimum Gasteiger partial charge on any atom is -0.492 e. The molecule has 2 aromatic heterocycles. The van der Waals surface area contributed by atoms with Crippen LogP contribution in [0.15, 0.2) is 78.3 Å². The number of hydrogen-bond donors (Lipinski definition) is 2. The van der Waals surface area contributed by atoms with Gasteiger partial charge in [-0.2, -0.15) is 0 Å². The van der Waals surface area contributed by atoms with Gasteiger partial charge in [0.2, 0.25) is 0 Å². The topological polar surface area (TPSA) is 83.3 Å². The second kappa shape index (κ2) is 12.7. The zero-order valence-electron chi connectivity index (χ0n) is 21.8. The Morgan fingerprint density at radius 3 is 2.48 bits per heavy atom. The third kappa shape index (κ3) is 6.42. The van der Waals surface area contributed by atoms with E-state index in [-0.39, 0.29) is 6.04 Å². The fourth-order valence-electron chi connectivity index (χ4n) is 4.86. The summed E-state index contributed by atoms with van der Waals surface area (Å²) in [5.74, 6) is 1.35. The van der Waals surface area contributed by atoms with E-state index < -0.39 is 0 Å². The number of carbonyl (C=O) groups is 1. The highest BCUT2D eigenvalue weighted by Crippen LogP contribution is 2.38. The lowest BCUT2D eigenvalue weighted by atomic mass is 9.93. The molecule has 6 rings (SSSR count). The molecule has 40 heavy (non-hydrogen) atoms. The molecule has 0 saturated carbocycles. The maximum absolute atomic E-state index is 9.80. The molecule has 0 fully saturated rings. The molecule has 3 heterocycles. The van der Waals surface area contributed by atoms with Crippen molar-refractivity contribution in [2.75, 3.05) is 20.2 Å². The number of H-pyrrole nitrogens is 1. The van der Waals surface area contributed by atoms with Crippen LogP contribution in [0.4, 0.5) is 0 Å². The van der Waals surface area contributed by atoms with E-state index in [1.54, 1.807) is 24.3 Å². The molecule has 10 heteroatoms. The predicted octanol–water partition coefficient (Wildman–Crippen LogP) is 6.70. The number of nitrogens with zero attached hydrogens (tertiary/aromatic N) is 2. The van der Waals surface area contributed by atoms with Crippen molar-refractivity contribution in [2.45, 2.75) is 19.0 Å². The molecule has 1 aliphatic rings. The molecule has 5 aromatic rings. The van der Waals surface area contributed by atoms with E-state index in [1.807, 2.05) is 34.3 Å². The van der Waals surface area contributed by atoms with Crippen LogP contribution >= 0.6 is 34.5 Å². The fourth-order valence-corrected chi connectivity index (χ4v) is 5.78. The summed E-state index contributed by atoms with van der Waals surface area (Å²) in [5.41, 5.74) is 5.01. The fraction of sp³-hybridized carbons (Fsp3) is 0.200. The van der Waals surface area contributed by atoms with Gasteiger partial charge in [0.05, 0.1) is 12.6 Å². The van der Waals surface area contributed by atoms with Crippen LogP contribution in [0.3, 0.4) is 0 Å². The Labute approximate surface area is 246 Å². The van der Waals surface area contributed by atoms with Crippen LogP contribution in [0.1, 0.15) is 22.9 Å². The molecule has 0 bridgehead atoms. The predicted molar refractivity (Wildman–Crippen MR) is 160 cm³/mol. The minimum absolute atomic E-state index is 0.182. The van der Waals surface area contributed by atoms with Gasteiger partial charge in [0, 0.05) is 44.8 Å². The number of halogens is 2. The summed E-state index contributed by atoms with van der Waals surface area (Å²) in [5, 5.41) is 12.4. The van der Waals surface area contributed by atoms with Crippen molar-refractivity contribution in [2.24, 2.45) is 0 Å². The van der Waals surface area contributed by atoms with Crippen LogP contribution in [0.25, 0.3) is 10.9 Å². The Morgan fingerprint density at radius 2 is 1.77 bits per heavy atom. The first kappa shape index (κ1) is 28.0. The largest absolute Gasteiger partial charge is 0.492 e. The zero-order valence-corrected chi connectivity index (χ0v) is 24.1. The highest BCUT2D eigenvalue weighted by Gasteiger charge is 2.29. The zero-order chi connectivity index (χ0) is 28.1. The number of aromatic amines is 1. The smallest absolute Gasteiger partial charge is 0.298 e. The average Bonchev–Trinajstić information content (AvgIpc) is 3.53. The maximum Gasteiger partial charge on any atom is 0.298 e. The number of fused-ring (bicyclic) bond motifs is 3. The van der Waals surface area contributed by atoms with Crippen LogP contribution in [-0.4, -0.2) is 41.1 Å². The number of likely N-dealkylation sites (N-methyl/N-ethyl adjacent to an activating group) is 1. The summed E-state index contributed by atoms with van der Waals surface area (Å²) >= 11 is 13.2. The summed E-state index contributed by atoms with van der Waals surface area (Å²) < 4.78 is 12.3. The van der Waals surface area contributed by atoms with Crippen molar-refractivity contribution >= 4 is 51.9 Å². The second-order valence-electron chi connectivity index (χ2n) is 9.33.